The number of nitrogens with one attached hydrogen (secondary N) is 1. The molecule has 1 aromatic carbocycles. The van der Waals surface area contributed by atoms with Crippen molar-refractivity contribution in [3.05, 3.63) is 52.2 Å². The zero-order valence-corrected chi connectivity index (χ0v) is 16.9. The van der Waals surface area contributed by atoms with Crippen LogP contribution in [-0.4, -0.2) is 31.1 Å². The van der Waals surface area contributed by atoms with Gasteiger partial charge in [0.05, 0.1) is 12.2 Å². The number of hydrogen-bond donors (Lipinski definition) is 1. The summed E-state index contributed by atoms with van der Waals surface area (Å²) >= 11 is 1.27. The zero-order valence-electron chi connectivity index (χ0n) is 16.0. The Bertz CT molecular complexity index is 889. The molecular formula is C21H22FNO5S. The van der Waals surface area contributed by atoms with E-state index in [1.807, 2.05) is 5.38 Å². The fourth-order valence-corrected chi connectivity index (χ4v) is 3.90. The Morgan fingerprint density at radius 3 is 2.55 bits per heavy atom. The lowest BCUT2D eigenvalue weighted by Gasteiger charge is -2.09. The van der Waals surface area contributed by atoms with Crippen LogP contribution in [0.1, 0.15) is 53.6 Å². The number of aryl methyl sites for hydroxylation is 1. The summed E-state index contributed by atoms with van der Waals surface area (Å²) in [6.07, 6.45) is 2.51. The minimum absolute atomic E-state index is 0.0812. The fraction of sp³-hybridized carbons (Fsp3) is 0.381. The monoisotopic (exact) mass is 419 g/mol. The largest absolute Gasteiger partial charge is 0.462 e. The van der Waals surface area contributed by atoms with Crippen molar-refractivity contribution < 1.29 is 28.2 Å². The third-order valence-corrected chi connectivity index (χ3v) is 5.38. The Hall–Kier alpha value is -2.74. The number of hydrogen-bond acceptors (Lipinski definition) is 6. The van der Waals surface area contributed by atoms with Gasteiger partial charge in [0.2, 0.25) is 0 Å². The third-order valence-electron chi connectivity index (χ3n) is 4.46. The lowest BCUT2D eigenvalue weighted by atomic mass is 10.1. The first kappa shape index (κ1) is 21.0. The molecule has 0 saturated heterocycles. The molecule has 1 aliphatic rings. The first-order chi connectivity index (χ1) is 14.0. The summed E-state index contributed by atoms with van der Waals surface area (Å²) in [5, 5.41) is 4.93. The second-order valence-electron chi connectivity index (χ2n) is 6.73. The van der Waals surface area contributed by atoms with Gasteiger partial charge in [0.1, 0.15) is 10.8 Å². The molecule has 2 aromatic rings. The van der Waals surface area contributed by atoms with Crippen LogP contribution in [0.25, 0.3) is 0 Å². The van der Waals surface area contributed by atoms with Gasteiger partial charge in [-0.25, -0.2) is 9.18 Å². The molecule has 1 heterocycles. The van der Waals surface area contributed by atoms with Crippen molar-refractivity contribution in [1.29, 1.82) is 0 Å². The Morgan fingerprint density at radius 1 is 1.17 bits per heavy atom. The van der Waals surface area contributed by atoms with Crippen LogP contribution in [-0.2, 0) is 25.5 Å². The molecule has 6 nitrogen and oxygen atoms in total. The van der Waals surface area contributed by atoms with Gasteiger partial charge in [0, 0.05) is 6.42 Å². The number of amides is 1. The van der Waals surface area contributed by atoms with E-state index in [0.717, 1.165) is 24.0 Å². The van der Waals surface area contributed by atoms with E-state index in [0.29, 0.717) is 22.9 Å². The van der Waals surface area contributed by atoms with Crippen molar-refractivity contribution in [1.82, 2.24) is 0 Å². The molecule has 0 unspecified atom stereocenters. The average molecular weight is 419 g/mol. The number of carbonyl (C=O) groups is 3. The maximum atomic E-state index is 12.9. The van der Waals surface area contributed by atoms with Crippen LogP contribution in [0.2, 0.25) is 0 Å². The van der Waals surface area contributed by atoms with Crippen molar-refractivity contribution in [2.75, 3.05) is 18.5 Å². The Balaban J connectivity index is 1.50. The summed E-state index contributed by atoms with van der Waals surface area (Å²) in [7, 11) is 0. The molecule has 3 rings (SSSR count). The highest BCUT2D eigenvalue weighted by molar-refractivity contribution is 7.15. The summed E-state index contributed by atoms with van der Waals surface area (Å²) in [6.45, 7) is 1.53. The van der Waals surface area contributed by atoms with Crippen molar-refractivity contribution in [3.63, 3.8) is 0 Å². The van der Waals surface area contributed by atoms with Crippen LogP contribution in [0.4, 0.5) is 9.39 Å². The van der Waals surface area contributed by atoms with Gasteiger partial charge >= 0.3 is 11.9 Å². The van der Waals surface area contributed by atoms with Gasteiger partial charge < -0.3 is 14.8 Å². The van der Waals surface area contributed by atoms with Gasteiger partial charge in [-0.1, -0.05) is 12.1 Å². The molecule has 29 heavy (non-hydrogen) atoms. The first-order valence-electron chi connectivity index (χ1n) is 9.46. The minimum Gasteiger partial charge on any atom is -0.462 e. The molecule has 1 amide bonds. The Labute approximate surface area is 172 Å². The number of benzene rings is 1. The average Bonchev–Trinajstić information content (AvgIpc) is 3.46. The molecule has 0 spiro atoms. The highest BCUT2D eigenvalue weighted by Crippen LogP contribution is 2.46. The molecule has 154 valence electrons. The molecule has 0 bridgehead atoms. The van der Waals surface area contributed by atoms with Gasteiger partial charge in [-0.2, -0.15) is 0 Å². The summed E-state index contributed by atoms with van der Waals surface area (Å²) in [5.41, 5.74) is 2.11. The van der Waals surface area contributed by atoms with E-state index in [2.05, 4.69) is 5.32 Å². The maximum absolute atomic E-state index is 12.9. The zero-order chi connectivity index (χ0) is 20.8. The second-order valence-corrected chi connectivity index (χ2v) is 7.60. The highest BCUT2D eigenvalue weighted by atomic mass is 32.1. The predicted octanol–water partition coefficient (Wildman–Crippen LogP) is 4.06. The molecule has 1 aromatic heterocycles. The van der Waals surface area contributed by atoms with Crippen LogP contribution >= 0.6 is 11.3 Å². The molecule has 1 saturated carbocycles. The van der Waals surface area contributed by atoms with E-state index in [1.54, 1.807) is 19.1 Å². The summed E-state index contributed by atoms with van der Waals surface area (Å²) in [4.78, 5) is 36.3. The molecule has 0 aliphatic heterocycles. The van der Waals surface area contributed by atoms with Crippen molar-refractivity contribution in [2.24, 2.45) is 0 Å². The Kier molecular flexibility index (Phi) is 6.98. The number of carbonyl (C=O) groups excluding carboxylic acids is 3. The molecule has 8 heteroatoms. The summed E-state index contributed by atoms with van der Waals surface area (Å²) < 4.78 is 23.0. The van der Waals surface area contributed by atoms with Crippen molar-refractivity contribution in [3.8, 4) is 0 Å². The SMILES string of the molecule is CCOC(=O)c1c(C2CC2)csc1NC(=O)COC(=O)CCc1ccc(F)cc1. The summed E-state index contributed by atoms with van der Waals surface area (Å²) in [5.74, 6) is -1.51. The molecule has 0 radical (unpaired) electrons. The first-order valence-corrected chi connectivity index (χ1v) is 10.3. The molecule has 1 fully saturated rings. The minimum atomic E-state index is -0.528. The molecule has 0 atom stereocenters. The summed E-state index contributed by atoms with van der Waals surface area (Å²) in [6, 6.07) is 5.85. The normalized spacial score (nSPS) is 13.0. The topological polar surface area (TPSA) is 81.7 Å². The second kappa shape index (κ2) is 9.65. The van der Waals surface area contributed by atoms with Gasteiger partial charge in [0.15, 0.2) is 6.61 Å². The van der Waals surface area contributed by atoms with Gasteiger partial charge in [-0.15, -0.1) is 11.3 Å². The van der Waals surface area contributed by atoms with E-state index in [-0.39, 0.29) is 18.8 Å². The van der Waals surface area contributed by atoms with E-state index < -0.39 is 24.5 Å². The van der Waals surface area contributed by atoms with Crippen molar-refractivity contribution >= 4 is 34.2 Å². The fourth-order valence-electron chi connectivity index (χ4n) is 2.85. The van der Waals surface area contributed by atoms with Crippen LogP contribution in [0.3, 0.4) is 0 Å². The van der Waals surface area contributed by atoms with Crippen LogP contribution < -0.4 is 5.32 Å². The number of thiophene rings is 1. The number of rotatable bonds is 9. The van der Waals surface area contributed by atoms with E-state index >= 15 is 0 Å². The molecule has 1 N–H and O–H groups in total. The van der Waals surface area contributed by atoms with Crippen LogP contribution in [0, 0.1) is 5.82 Å². The molecule has 1 aliphatic carbocycles. The number of ether oxygens (including phenoxy) is 2. The van der Waals surface area contributed by atoms with E-state index in [4.69, 9.17) is 9.47 Å². The lowest BCUT2D eigenvalue weighted by Crippen LogP contribution is -2.22. The lowest BCUT2D eigenvalue weighted by molar-refractivity contribution is -0.147. The van der Waals surface area contributed by atoms with Gasteiger partial charge in [-0.3, -0.25) is 9.59 Å². The van der Waals surface area contributed by atoms with Crippen LogP contribution in [0.5, 0.6) is 0 Å². The van der Waals surface area contributed by atoms with Gasteiger partial charge in [0.25, 0.3) is 5.91 Å². The number of halogens is 1. The molecular weight excluding hydrogens is 397 g/mol. The number of esters is 2. The Morgan fingerprint density at radius 2 is 1.90 bits per heavy atom. The van der Waals surface area contributed by atoms with E-state index in [9.17, 15) is 18.8 Å². The van der Waals surface area contributed by atoms with E-state index in [1.165, 1.54) is 23.5 Å². The third kappa shape index (κ3) is 5.87. The van der Waals surface area contributed by atoms with Crippen LogP contribution in [0.15, 0.2) is 29.6 Å². The standard InChI is InChI=1S/C21H22FNO5S/c1-2-27-21(26)19-16(14-6-7-14)12-29-20(19)23-17(24)11-28-18(25)10-5-13-3-8-15(22)9-4-13/h3-4,8-9,12,14H,2,5-7,10-11H2,1H3,(H,23,24). The van der Waals surface area contributed by atoms with Gasteiger partial charge in [-0.05, 0) is 60.7 Å². The maximum Gasteiger partial charge on any atom is 0.341 e. The van der Waals surface area contributed by atoms with Crippen molar-refractivity contribution in [2.45, 2.75) is 38.5 Å². The smallest absolute Gasteiger partial charge is 0.341 e. The highest BCUT2D eigenvalue weighted by Gasteiger charge is 2.32. The quantitative estimate of drug-likeness (QED) is 0.620. The predicted molar refractivity (Wildman–Crippen MR) is 107 cm³/mol. The number of anilines is 1.